The monoisotopic (exact) mass is 229 g/mol. The molecule has 0 amide bonds. The second kappa shape index (κ2) is 4.26. The summed E-state index contributed by atoms with van der Waals surface area (Å²) in [7, 11) is 0. The van der Waals surface area contributed by atoms with E-state index in [1.807, 2.05) is 24.3 Å². The third-order valence-corrected chi connectivity index (χ3v) is 3.06. The van der Waals surface area contributed by atoms with Crippen molar-refractivity contribution in [1.82, 2.24) is 0 Å². The van der Waals surface area contributed by atoms with Crippen LogP contribution in [0.25, 0.3) is 11.3 Å². The maximum Gasteiger partial charge on any atom is 0.134 e. The summed E-state index contributed by atoms with van der Waals surface area (Å²) in [4.78, 5) is 0. The summed E-state index contributed by atoms with van der Waals surface area (Å²) in [5.74, 6) is 2.69. The minimum atomic E-state index is 0.439. The summed E-state index contributed by atoms with van der Waals surface area (Å²) in [5.41, 5.74) is 7.89. The van der Waals surface area contributed by atoms with Gasteiger partial charge in [-0.3, -0.25) is 0 Å². The molecule has 0 radical (unpaired) electrons. The molecule has 0 bridgehead atoms. The van der Waals surface area contributed by atoms with Gasteiger partial charge in [-0.25, -0.2) is 0 Å². The lowest BCUT2D eigenvalue weighted by Crippen LogP contribution is -2.07. The van der Waals surface area contributed by atoms with Crippen LogP contribution in [0.4, 0.5) is 0 Å². The van der Waals surface area contributed by atoms with E-state index in [2.05, 4.69) is 6.07 Å². The Morgan fingerprint density at radius 1 is 1.18 bits per heavy atom. The van der Waals surface area contributed by atoms with Gasteiger partial charge >= 0.3 is 0 Å². The maximum absolute atomic E-state index is 5.64. The first-order chi connectivity index (χ1) is 8.36. The normalized spacial score (nSPS) is 14.2. The van der Waals surface area contributed by atoms with E-state index in [1.54, 1.807) is 0 Å². The van der Waals surface area contributed by atoms with Gasteiger partial charge in [0.2, 0.25) is 0 Å². The third kappa shape index (κ3) is 1.94. The molecule has 1 aliphatic heterocycles. The van der Waals surface area contributed by atoms with Gasteiger partial charge in [0, 0.05) is 5.56 Å². The number of hydrogen-bond acceptors (Lipinski definition) is 3. The van der Waals surface area contributed by atoms with Crippen LogP contribution in [0, 0.1) is 0 Å². The van der Waals surface area contributed by atoms with Crippen molar-refractivity contribution in [3.63, 3.8) is 0 Å². The quantitative estimate of drug-likeness (QED) is 0.861. The van der Waals surface area contributed by atoms with Crippen LogP contribution >= 0.6 is 0 Å². The van der Waals surface area contributed by atoms with Gasteiger partial charge < -0.3 is 14.9 Å². The molecule has 0 saturated carbocycles. The van der Waals surface area contributed by atoms with Crippen LogP contribution in [-0.2, 0) is 13.0 Å². The molecule has 3 nitrogen and oxygen atoms in total. The average Bonchev–Trinajstić information content (AvgIpc) is 2.87. The van der Waals surface area contributed by atoms with Gasteiger partial charge in [0.05, 0.1) is 13.2 Å². The number of furan rings is 1. The Hall–Kier alpha value is -1.74. The molecule has 0 aliphatic carbocycles. The van der Waals surface area contributed by atoms with Gasteiger partial charge in [0.25, 0.3) is 0 Å². The van der Waals surface area contributed by atoms with Gasteiger partial charge in [-0.15, -0.1) is 0 Å². The van der Waals surface area contributed by atoms with E-state index in [9.17, 15) is 0 Å². The number of aryl methyl sites for hydroxylation is 1. The number of ether oxygens (including phenoxy) is 1. The third-order valence-electron chi connectivity index (χ3n) is 3.06. The summed E-state index contributed by atoms with van der Waals surface area (Å²) in [6.45, 7) is 1.26. The first-order valence-corrected chi connectivity index (χ1v) is 5.92. The van der Waals surface area contributed by atoms with E-state index < -0.39 is 0 Å². The van der Waals surface area contributed by atoms with E-state index in [4.69, 9.17) is 14.9 Å². The number of rotatable bonds is 2. The molecule has 0 atom stereocenters. The lowest BCUT2D eigenvalue weighted by Gasteiger charge is -2.17. The largest absolute Gasteiger partial charge is 0.493 e. The van der Waals surface area contributed by atoms with Gasteiger partial charge in [-0.1, -0.05) is 0 Å². The van der Waals surface area contributed by atoms with E-state index in [0.717, 1.165) is 42.3 Å². The number of nitrogens with two attached hydrogens (primary N) is 1. The molecule has 0 saturated heterocycles. The molecule has 88 valence electrons. The number of fused-ring (bicyclic) bond motifs is 1. The predicted octanol–water partition coefficient (Wildman–Crippen LogP) is 2.73. The molecule has 0 spiro atoms. The summed E-state index contributed by atoms with van der Waals surface area (Å²) >= 11 is 0. The lowest BCUT2D eigenvalue weighted by molar-refractivity contribution is 0.288. The van der Waals surface area contributed by atoms with E-state index in [0.29, 0.717) is 6.54 Å². The van der Waals surface area contributed by atoms with Crippen LogP contribution in [0.3, 0.4) is 0 Å². The molecule has 2 heterocycles. The number of benzene rings is 1. The molecular formula is C14H15NO2. The van der Waals surface area contributed by atoms with Crippen LogP contribution in [0.15, 0.2) is 34.7 Å². The highest BCUT2D eigenvalue weighted by Crippen LogP contribution is 2.30. The summed E-state index contributed by atoms with van der Waals surface area (Å²) in [6.07, 6.45) is 2.16. The van der Waals surface area contributed by atoms with Gasteiger partial charge in [-0.2, -0.15) is 0 Å². The van der Waals surface area contributed by atoms with Crippen molar-refractivity contribution >= 4 is 0 Å². The van der Waals surface area contributed by atoms with Crippen molar-refractivity contribution in [3.05, 3.63) is 41.7 Å². The second-order valence-electron chi connectivity index (χ2n) is 4.24. The van der Waals surface area contributed by atoms with Gasteiger partial charge in [0.15, 0.2) is 0 Å². The fraction of sp³-hybridized carbons (Fsp3) is 0.286. The molecule has 1 aromatic carbocycles. The Labute approximate surface area is 100 Å². The molecular weight excluding hydrogens is 214 g/mol. The Kier molecular flexibility index (Phi) is 2.61. The maximum atomic E-state index is 5.64. The minimum absolute atomic E-state index is 0.439. The molecule has 0 unspecified atom stereocenters. The summed E-state index contributed by atoms with van der Waals surface area (Å²) in [5, 5.41) is 0. The standard InChI is InChI=1S/C14H15NO2/c15-9-12-4-6-14(17-12)11-3-5-13-10(8-11)2-1-7-16-13/h3-6,8H,1-2,7,9,15H2. The molecule has 3 rings (SSSR count). The Morgan fingerprint density at radius 2 is 2.12 bits per heavy atom. The van der Waals surface area contributed by atoms with Crippen molar-refractivity contribution in [2.75, 3.05) is 6.61 Å². The Balaban J connectivity index is 1.97. The van der Waals surface area contributed by atoms with Crippen molar-refractivity contribution in [2.45, 2.75) is 19.4 Å². The van der Waals surface area contributed by atoms with Crippen molar-refractivity contribution in [1.29, 1.82) is 0 Å². The molecule has 2 aromatic rings. The summed E-state index contributed by atoms with van der Waals surface area (Å²) < 4.78 is 11.2. The van der Waals surface area contributed by atoms with Crippen molar-refractivity contribution < 1.29 is 9.15 Å². The lowest BCUT2D eigenvalue weighted by atomic mass is 10.0. The topological polar surface area (TPSA) is 48.4 Å². The van der Waals surface area contributed by atoms with Crippen molar-refractivity contribution in [3.8, 4) is 17.1 Å². The van der Waals surface area contributed by atoms with Crippen LogP contribution < -0.4 is 10.5 Å². The zero-order chi connectivity index (χ0) is 11.7. The molecule has 1 aliphatic rings. The Morgan fingerprint density at radius 3 is 2.94 bits per heavy atom. The second-order valence-corrected chi connectivity index (χ2v) is 4.24. The van der Waals surface area contributed by atoms with Crippen LogP contribution in [0.5, 0.6) is 5.75 Å². The smallest absolute Gasteiger partial charge is 0.134 e. The highest BCUT2D eigenvalue weighted by molar-refractivity contribution is 5.61. The minimum Gasteiger partial charge on any atom is -0.493 e. The summed E-state index contributed by atoms with van der Waals surface area (Å²) in [6, 6.07) is 10.1. The molecule has 17 heavy (non-hydrogen) atoms. The highest BCUT2D eigenvalue weighted by Gasteiger charge is 2.12. The molecule has 1 aromatic heterocycles. The first kappa shape index (κ1) is 10.4. The van der Waals surface area contributed by atoms with Crippen LogP contribution in [0.2, 0.25) is 0 Å². The van der Waals surface area contributed by atoms with E-state index in [-0.39, 0.29) is 0 Å². The van der Waals surface area contributed by atoms with Crippen LogP contribution in [0.1, 0.15) is 17.7 Å². The first-order valence-electron chi connectivity index (χ1n) is 5.92. The van der Waals surface area contributed by atoms with Crippen LogP contribution in [-0.4, -0.2) is 6.61 Å². The fourth-order valence-electron chi connectivity index (χ4n) is 2.16. The SMILES string of the molecule is NCc1ccc(-c2ccc3c(c2)CCCO3)o1. The van der Waals surface area contributed by atoms with Gasteiger partial charge in [-0.05, 0) is 48.7 Å². The zero-order valence-corrected chi connectivity index (χ0v) is 9.61. The average molecular weight is 229 g/mol. The number of hydrogen-bond donors (Lipinski definition) is 1. The molecule has 0 fully saturated rings. The van der Waals surface area contributed by atoms with E-state index in [1.165, 1.54) is 5.56 Å². The molecule has 3 heteroatoms. The Bertz CT molecular complexity index is 531. The molecule has 2 N–H and O–H groups in total. The fourth-order valence-corrected chi connectivity index (χ4v) is 2.16. The van der Waals surface area contributed by atoms with Gasteiger partial charge in [0.1, 0.15) is 17.3 Å². The van der Waals surface area contributed by atoms with E-state index >= 15 is 0 Å². The predicted molar refractivity (Wildman–Crippen MR) is 65.9 cm³/mol. The highest BCUT2D eigenvalue weighted by atomic mass is 16.5. The van der Waals surface area contributed by atoms with Crippen molar-refractivity contribution in [2.24, 2.45) is 5.73 Å². The zero-order valence-electron chi connectivity index (χ0n) is 9.61.